The molecule has 0 aliphatic heterocycles. The molecule has 0 bridgehead atoms. The smallest absolute Gasteiger partial charge is 0.00928 e. The largest absolute Gasteiger partial charge is 0.327 e. The minimum Gasteiger partial charge on any atom is -0.327 e. The third kappa shape index (κ3) is 4.26. The predicted octanol–water partition coefficient (Wildman–Crippen LogP) is 3.26. The quantitative estimate of drug-likeness (QED) is 0.817. The maximum absolute atomic E-state index is 6.06. The summed E-state index contributed by atoms with van der Waals surface area (Å²) in [7, 11) is 2.27. The summed E-state index contributed by atoms with van der Waals surface area (Å²) in [6.45, 7) is 12.6. The van der Waals surface area contributed by atoms with Gasteiger partial charge in [0.05, 0.1) is 0 Å². The Morgan fingerprint density at radius 1 is 1.29 bits per heavy atom. The van der Waals surface area contributed by atoms with Gasteiger partial charge in [-0.05, 0) is 50.5 Å². The van der Waals surface area contributed by atoms with Crippen LogP contribution in [0.15, 0.2) is 0 Å². The highest BCUT2D eigenvalue weighted by Gasteiger charge is 2.32. The van der Waals surface area contributed by atoms with Crippen molar-refractivity contribution in [2.75, 3.05) is 13.6 Å². The van der Waals surface area contributed by atoms with Crippen LogP contribution in [-0.4, -0.2) is 30.6 Å². The highest BCUT2D eigenvalue weighted by Crippen LogP contribution is 2.37. The van der Waals surface area contributed by atoms with Gasteiger partial charge >= 0.3 is 0 Å². The van der Waals surface area contributed by atoms with Crippen molar-refractivity contribution >= 4 is 0 Å². The van der Waals surface area contributed by atoms with Crippen LogP contribution in [0.3, 0.4) is 0 Å². The maximum atomic E-state index is 6.06. The van der Waals surface area contributed by atoms with E-state index in [1.807, 2.05) is 0 Å². The summed E-state index contributed by atoms with van der Waals surface area (Å²) in [6, 6.07) is 1.02. The van der Waals surface area contributed by atoms with E-state index in [0.29, 0.717) is 5.41 Å². The van der Waals surface area contributed by atoms with Gasteiger partial charge in [-0.2, -0.15) is 0 Å². The monoisotopic (exact) mass is 240 g/mol. The molecule has 1 aliphatic carbocycles. The van der Waals surface area contributed by atoms with Crippen molar-refractivity contribution in [1.29, 1.82) is 0 Å². The molecule has 2 heteroatoms. The second-order valence-corrected chi connectivity index (χ2v) is 7.59. The lowest BCUT2D eigenvalue weighted by atomic mass is 9.75. The van der Waals surface area contributed by atoms with E-state index < -0.39 is 0 Å². The van der Waals surface area contributed by atoms with Gasteiger partial charge in [-0.15, -0.1) is 0 Å². The van der Waals surface area contributed by atoms with Crippen LogP contribution in [0.5, 0.6) is 0 Å². The van der Waals surface area contributed by atoms with E-state index in [-0.39, 0.29) is 11.5 Å². The van der Waals surface area contributed by atoms with Crippen molar-refractivity contribution in [3.8, 4) is 0 Å². The Hall–Kier alpha value is -0.0800. The normalized spacial score (nSPS) is 24.0. The highest BCUT2D eigenvalue weighted by molar-refractivity contribution is 4.87. The number of hydrogen-bond acceptors (Lipinski definition) is 2. The Balaban J connectivity index is 2.47. The number of hydrogen-bond donors (Lipinski definition) is 1. The van der Waals surface area contributed by atoms with Gasteiger partial charge in [-0.3, -0.25) is 0 Å². The van der Waals surface area contributed by atoms with E-state index in [0.717, 1.165) is 12.6 Å². The third-order valence-corrected chi connectivity index (χ3v) is 4.82. The van der Waals surface area contributed by atoms with Gasteiger partial charge in [0, 0.05) is 18.6 Å². The summed E-state index contributed by atoms with van der Waals surface area (Å²) in [5.74, 6) is 0. The van der Waals surface area contributed by atoms with E-state index in [2.05, 4.69) is 46.6 Å². The van der Waals surface area contributed by atoms with E-state index in [1.165, 1.54) is 25.7 Å². The lowest BCUT2D eigenvalue weighted by Gasteiger charge is -2.42. The Bertz CT molecular complexity index is 233. The molecule has 0 aromatic rings. The first-order valence-corrected chi connectivity index (χ1v) is 7.10. The van der Waals surface area contributed by atoms with Gasteiger partial charge in [0.2, 0.25) is 0 Å². The van der Waals surface area contributed by atoms with Gasteiger partial charge in [0.15, 0.2) is 0 Å². The molecule has 0 saturated heterocycles. The molecule has 1 unspecified atom stereocenters. The minimum absolute atomic E-state index is 0.210. The molecule has 1 fully saturated rings. The van der Waals surface area contributed by atoms with Crippen molar-refractivity contribution < 1.29 is 0 Å². The Kier molecular flexibility index (Phi) is 4.65. The van der Waals surface area contributed by atoms with Crippen molar-refractivity contribution in [3.05, 3.63) is 0 Å². The molecule has 1 saturated carbocycles. The molecule has 0 aromatic heterocycles. The van der Waals surface area contributed by atoms with E-state index >= 15 is 0 Å². The average Bonchev–Trinajstić information content (AvgIpc) is 2.16. The number of nitrogens with two attached hydrogens (primary N) is 1. The van der Waals surface area contributed by atoms with Crippen LogP contribution >= 0.6 is 0 Å². The maximum Gasteiger partial charge on any atom is 0.00928 e. The summed E-state index contributed by atoms with van der Waals surface area (Å²) >= 11 is 0. The number of rotatable bonds is 4. The SMILES string of the molecule is CC(N)C(C)(C)CN(C)C1CCC(C)(C)CC1. The first-order chi connectivity index (χ1) is 7.64. The van der Waals surface area contributed by atoms with Crippen LogP contribution in [0.2, 0.25) is 0 Å². The topological polar surface area (TPSA) is 29.3 Å². The van der Waals surface area contributed by atoms with Crippen LogP contribution in [0.4, 0.5) is 0 Å². The molecule has 0 amide bonds. The van der Waals surface area contributed by atoms with Crippen molar-refractivity contribution in [2.45, 2.75) is 72.4 Å². The fourth-order valence-corrected chi connectivity index (χ4v) is 2.74. The summed E-state index contributed by atoms with van der Waals surface area (Å²) in [5, 5.41) is 0. The van der Waals surface area contributed by atoms with Crippen molar-refractivity contribution in [1.82, 2.24) is 4.90 Å². The number of nitrogens with zero attached hydrogens (tertiary/aromatic N) is 1. The van der Waals surface area contributed by atoms with Gasteiger partial charge < -0.3 is 10.6 Å². The minimum atomic E-state index is 0.210. The van der Waals surface area contributed by atoms with Gasteiger partial charge in [0.25, 0.3) is 0 Å². The first kappa shape index (κ1) is 15.0. The fraction of sp³-hybridized carbons (Fsp3) is 1.00. The molecule has 1 rings (SSSR count). The molecule has 1 aliphatic rings. The summed E-state index contributed by atoms with van der Waals surface area (Å²) in [4.78, 5) is 2.54. The van der Waals surface area contributed by atoms with Crippen LogP contribution in [0.1, 0.15) is 60.3 Å². The van der Waals surface area contributed by atoms with Gasteiger partial charge in [-0.25, -0.2) is 0 Å². The Morgan fingerprint density at radius 3 is 2.18 bits per heavy atom. The second kappa shape index (κ2) is 5.27. The lowest BCUT2D eigenvalue weighted by Crippen LogP contribution is -2.47. The summed E-state index contributed by atoms with van der Waals surface area (Å²) in [5.41, 5.74) is 6.84. The Morgan fingerprint density at radius 2 is 1.76 bits per heavy atom. The van der Waals surface area contributed by atoms with Crippen LogP contribution < -0.4 is 5.73 Å². The predicted molar refractivity (Wildman–Crippen MR) is 76.1 cm³/mol. The molecule has 0 radical (unpaired) electrons. The van der Waals surface area contributed by atoms with Crippen molar-refractivity contribution in [3.63, 3.8) is 0 Å². The molecule has 0 spiro atoms. The second-order valence-electron chi connectivity index (χ2n) is 7.59. The van der Waals surface area contributed by atoms with Crippen molar-refractivity contribution in [2.24, 2.45) is 16.6 Å². The van der Waals surface area contributed by atoms with Gasteiger partial charge in [0.1, 0.15) is 0 Å². The Labute approximate surface area is 108 Å². The molecular formula is C15H32N2. The summed E-state index contributed by atoms with van der Waals surface area (Å²) in [6.07, 6.45) is 5.41. The van der Waals surface area contributed by atoms with E-state index in [9.17, 15) is 0 Å². The molecule has 102 valence electrons. The van der Waals surface area contributed by atoms with E-state index in [1.54, 1.807) is 0 Å². The fourth-order valence-electron chi connectivity index (χ4n) is 2.74. The average molecular weight is 240 g/mol. The lowest BCUT2D eigenvalue weighted by molar-refractivity contribution is 0.0880. The standard InChI is InChI=1S/C15H32N2/c1-12(16)15(4,5)11-17(6)13-7-9-14(2,3)10-8-13/h12-13H,7-11,16H2,1-6H3. The molecule has 17 heavy (non-hydrogen) atoms. The van der Waals surface area contributed by atoms with E-state index in [4.69, 9.17) is 5.73 Å². The molecular weight excluding hydrogens is 208 g/mol. The van der Waals surface area contributed by atoms with Gasteiger partial charge in [-0.1, -0.05) is 27.7 Å². The molecule has 0 aromatic carbocycles. The molecule has 2 nitrogen and oxygen atoms in total. The zero-order valence-corrected chi connectivity index (χ0v) is 12.7. The molecule has 1 atom stereocenters. The molecule has 2 N–H and O–H groups in total. The highest BCUT2D eigenvalue weighted by atomic mass is 15.1. The third-order valence-electron chi connectivity index (χ3n) is 4.82. The van der Waals surface area contributed by atoms with Crippen LogP contribution in [-0.2, 0) is 0 Å². The zero-order chi connectivity index (χ0) is 13.3. The molecule has 0 heterocycles. The van der Waals surface area contributed by atoms with Crippen LogP contribution in [0.25, 0.3) is 0 Å². The zero-order valence-electron chi connectivity index (χ0n) is 12.7. The van der Waals surface area contributed by atoms with Crippen LogP contribution in [0, 0.1) is 10.8 Å². The first-order valence-electron chi connectivity index (χ1n) is 7.10. The summed E-state index contributed by atoms with van der Waals surface area (Å²) < 4.78 is 0.